The summed E-state index contributed by atoms with van der Waals surface area (Å²) in [6, 6.07) is 3.48. The maximum absolute atomic E-state index is 13.4. The number of amides is 1. The van der Waals surface area contributed by atoms with Gasteiger partial charge in [-0.1, -0.05) is 0 Å². The highest BCUT2D eigenvalue weighted by molar-refractivity contribution is 7.14. The summed E-state index contributed by atoms with van der Waals surface area (Å²) in [5.41, 5.74) is 1.35. The van der Waals surface area contributed by atoms with Gasteiger partial charge in [-0.15, -0.1) is 11.3 Å². The van der Waals surface area contributed by atoms with E-state index in [1.54, 1.807) is 17.0 Å². The molecule has 1 N–H and O–H groups in total. The molecule has 1 aromatic carbocycles. The number of fused-ring (bicyclic) bond motifs is 1. The minimum atomic E-state index is -0.967. The van der Waals surface area contributed by atoms with Crippen molar-refractivity contribution in [3.05, 3.63) is 58.2 Å². The van der Waals surface area contributed by atoms with E-state index in [0.717, 1.165) is 23.5 Å². The van der Waals surface area contributed by atoms with Crippen molar-refractivity contribution in [2.45, 2.75) is 6.54 Å². The SMILES string of the molecule is Cn1c(=O)ncc2c1ncn2CC(=O)Nc1nc(-c2ccc(F)c(F)c2)cs1. The molecule has 142 valence electrons. The first-order valence-electron chi connectivity index (χ1n) is 8.00. The Balaban J connectivity index is 1.50. The number of anilines is 1. The van der Waals surface area contributed by atoms with Crippen LogP contribution in [0.25, 0.3) is 22.4 Å². The van der Waals surface area contributed by atoms with Crippen LogP contribution < -0.4 is 11.0 Å². The average Bonchev–Trinajstić information content (AvgIpc) is 3.28. The summed E-state index contributed by atoms with van der Waals surface area (Å²) in [5.74, 6) is -2.27. The summed E-state index contributed by atoms with van der Waals surface area (Å²) in [4.78, 5) is 35.9. The Morgan fingerprint density at radius 3 is 2.86 bits per heavy atom. The molecule has 0 radical (unpaired) electrons. The summed E-state index contributed by atoms with van der Waals surface area (Å²) in [5, 5.41) is 4.60. The van der Waals surface area contributed by atoms with Crippen LogP contribution in [0.15, 0.2) is 40.9 Å². The van der Waals surface area contributed by atoms with E-state index in [9.17, 15) is 18.4 Å². The van der Waals surface area contributed by atoms with Crippen LogP contribution in [-0.4, -0.2) is 30.0 Å². The third-order valence-corrected chi connectivity index (χ3v) is 4.80. The molecular formula is C17H12F2N6O2S. The Kier molecular flexibility index (Phi) is 4.43. The number of nitrogens with zero attached hydrogens (tertiary/aromatic N) is 5. The molecule has 28 heavy (non-hydrogen) atoms. The van der Waals surface area contributed by atoms with E-state index in [1.165, 1.54) is 23.2 Å². The van der Waals surface area contributed by atoms with Crippen molar-refractivity contribution in [1.82, 2.24) is 24.1 Å². The highest BCUT2D eigenvalue weighted by Crippen LogP contribution is 2.26. The molecule has 0 saturated heterocycles. The fraction of sp³-hybridized carbons (Fsp3) is 0.118. The second-order valence-corrected chi connectivity index (χ2v) is 6.75. The van der Waals surface area contributed by atoms with Crippen molar-refractivity contribution < 1.29 is 13.6 Å². The van der Waals surface area contributed by atoms with E-state index in [4.69, 9.17) is 0 Å². The lowest BCUT2D eigenvalue weighted by Gasteiger charge is -2.04. The number of imidazole rings is 1. The number of rotatable bonds is 4. The first-order valence-corrected chi connectivity index (χ1v) is 8.88. The number of aromatic nitrogens is 5. The fourth-order valence-electron chi connectivity index (χ4n) is 2.62. The number of benzene rings is 1. The van der Waals surface area contributed by atoms with Gasteiger partial charge in [0.05, 0.1) is 18.2 Å². The van der Waals surface area contributed by atoms with Gasteiger partial charge >= 0.3 is 5.69 Å². The minimum absolute atomic E-state index is 0.0591. The Labute approximate surface area is 160 Å². The molecule has 0 fully saturated rings. The van der Waals surface area contributed by atoms with E-state index in [-0.39, 0.29) is 12.5 Å². The number of hydrogen-bond acceptors (Lipinski definition) is 6. The smallest absolute Gasteiger partial charge is 0.318 e. The van der Waals surface area contributed by atoms with Gasteiger partial charge in [0.15, 0.2) is 22.4 Å². The van der Waals surface area contributed by atoms with Crippen LogP contribution in [0, 0.1) is 11.6 Å². The second kappa shape index (κ2) is 6.93. The fourth-order valence-corrected chi connectivity index (χ4v) is 3.36. The molecule has 0 saturated carbocycles. The molecule has 4 rings (SSSR count). The second-order valence-electron chi connectivity index (χ2n) is 5.90. The van der Waals surface area contributed by atoms with Gasteiger partial charge in [-0.3, -0.25) is 9.36 Å². The van der Waals surface area contributed by atoms with Crippen LogP contribution in [0.3, 0.4) is 0 Å². The van der Waals surface area contributed by atoms with Crippen LogP contribution in [0.4, 0.5) is 13.9 Å². The van der Waals surface area contributed by atoms with E-state index in [1.807, 2.05) is 0 Å². The maximum Gasteiger partial charge on any atom is 0.349 e. The zero-order chi connectivity index (χ0) is 19.8. The van der Waals surface area contributed by atoms with Gasteiger partial charge in [0.2, 0.25) is 5.91 Å². The lowest BCUT2D eigenvalue weighted by Crippen LogP contribution is -2.21. The zero-order valence-corrected chi connectivity index (χ0v) is 15.2. The summed E-state index contributed by atoms with van der Waals surface area (Å²) in [7, 11) is 1.55. The van der Waals surface area contributed by atoms with Gasteiger partial charge in [0, 0.05) is 18.0 Å². The van der Waals surface area contributed by atoms with Gasteiger partial charge in [-0.2, -0.15) is 4.98 Å². The molecule has 11 heteroatoms. The van der Waals surface area contributed by atoms with E-state index in [0.29, 0.717) is 27.6 Å². The van der Waals surface area contributed by atoms with Crippen molar-refractivity contribution in [2.75, 3.05) is 5.32 Å². The lowest BCUT2D eigenvalue weighted by molar-refractivity contribution is -0.116. The average molecular weight is 402 g/mol. The molecule has 0 unspecified atom stereocenters. The number of carbonyl (C=O) groups excluding carboxylic acids is 1. The standard InChI is InChI=1S/C17H12F2N6O2S/c1-24-15-13(5-20-17(24)27)25(8-21-15)6-14(26)23-16-22-12(7-28-16)9-2-3-10(18)11(19)4-9/h2-5,7-8H,6H2,1H3,(H,22,23,26). The first-order chi connectivity index (χ1) is 13.4. The minimum Gasteiger partial charge on any atom is -0.318 e. The van der Waals surface area contributed by atoms with Gasteiger partial charge in [0.1, 0.15) is 12.1 Å². The molecule has 0 spiro atoms. The van der Waals surface area contributed by atoms with E-state index >= 15 is 0 Å². The monoisotopic (exact) mass is 402 g/mol. The molecule has 1 amide bonds. The van der Waals surface area contributed by atoms with Gasteiger partial charge < -0.3 is 9.88 Å². The van der Waals surface area contributed by atoms with Crippen LogP contribution in [0.5, 0.6) is 0 Å². The van der Waals surface area contributed by atoms with Crippen LogP contribution in [0.2, 0.25) is 0 Å². The number of aryl methyl sites for hydroxylation is 1. The van der Waals surface area contributed by atoms with Gasteiger partial charge in [-0.05, 0) is 18.2 Å². The van der Waals surface area contributed by atoms with E-state index in [2.05, 4.69) is 20.3 Å². The first kappa shape index (κ1) is 17.9. The van der Waals surface area contributed by atoms with E-state index < -0.39 is 17.3 Å². The van der Waals surface area contributed by atoms with Crippen LogP contribution in [0.1, 0.15) is 0 Å². The normalized spacial score (nSPS) is 11.1. The number of carbonyl (C=O) groups is 1. The molecule has 0 atom stereocenters. The Bertz CT molecular complexity index is 1260. The molecule has 3 heterocycles. The molecular weight excluding hydrogens is 390 g/mol. The third kappa shape index (κ3) is 3.27. The number of halogens is 2. The number of nitrogens with one attached hydrogen (secondary N) is 1. The maximum atomic E-state index is 13.4. The summed E-state index contributed by atoms with van der Waals surface area (Å²) < 4.78 is 29.3. The van der Waals surface area contributed by atoms with Crippen molar-refractivity contribution in [3.8, 4) is 11.3 Å². The van der Waals surface area contributed by atoms with Crippen molar-refractivity contribution >= 4 is 33.5 Å². The highest BCUT2D eigenvalue weighted by Gasteiger charge is 2.13. The predicted molar refractivity (Wildman–Crippen MR) is 98.9 cm³/mol. The molecule has 4 aromatic rings. The zero-order valence-electron chi connectivity index (χ0n) is 14.4. The van der Waals surface area contributed by atoms with Crippen molar-refractivity contribution in [3.63, 3.8) is 0 Å². The summed E-state index contributed by atoms with van der Waals surface area (Å²) in [6.07, 6.45) is 2.81. The van der Waals surface area contributed by atoms with Crippen LogP contribution in [-0.2, 0) is 18.4 Å². The molecule has 0 aliphatic carbocycles. The number of thiazole rings is 1. The molecule has 0 bridgehead atoms. The predicted octanol–water partition coefficient (Wildman–Crippen LogP) is 2.17. The largest absolute Gasteiger partial charge is 0.349 e. The number of hydrogen-bond donors (Lipinski definition) is 1. The van der Waals surface area contributed by atoms with Crippen LogP contribution >= 0.6 is 11.3 Å². The quantitative estimate of drug-likeness (QED) is 0.565. The summed E-state index contributed by atoms with van der Waals surface area (Å²) in [6.45, 7) is -0.0591. The van der Waals surface area contributed by atoms with Gasteiger partial charge in [0.25, 0.3) is 0 Å². The Morgan fingerprint density at radius 2 is 2.07 bits per heavy atom. The topological polar surface area (TPSA) is 94.7 Å². The summed E-state index contributed by atoms with van der Waals surface area (Å²) >= 11 is 1.16. The Hall–Kier alpha value is -3.47. The highest BCUT2D eigenvalue weighted by atomic mass is 32.1. The van der Waals surface area contributed by atoms with Gasteiger partial charge in [-0.25, -0.2) is 23.5 Å². The Morgan fingerprint density at radius 1 is 1.25 bits per heavy atom. The molecule has 0 aliphatic rings. The third-order valence-electron chi connectivity index (χ3n) is 4.04. The molecule has 3 aromatic heterocycles. The molecule has 0 aliphatic heterocycles. The van der Waals surface area contributed by atoms with Crippen molar-refractivity contribution in [2.24, 2.45) is 7.05 Å². The molecule has 8 nitrogen and oxygen atoms in total. The lowest BCUT2D eigenvalue weighted by atomic mass is 10.2. The van der Waals surface area contributed by atoms with Crippen molar-refractivity contribution in [1.29, 1.82) is 0 Å².